The number of hydrogen-bond acceptors (Lipinski definition) is 2. The van der Waals surface area contributed by atoms with E-state index in [1.165, 1.54) is 5.56 Å². The summed E-state index contributed by atoms with van der Waals surface area (Å²) in [5.74, 6) is 2.83. The first-order valence-electron chi connectivity index (χ1n) is 7.47. The predicted octanol–water partition coefficient (Wildman–Crippen LogP) is 4.41. The van der Waals surface area contributed by atoms with Gasteiger partial charge in [-0.2, -0.15) is 0 Å². The van der Waals surface area contributed by atoms with Crippen molar-refractivity contribution < 1.29 is 4.74 Å². The zero-order valence-corrected chi connectivity index (χ0v) is 14.1. The molecule has 1 unspecified atom stereocenters. The molecule has 0 aliphatic rings. The summed E-state index contributed by atoms with van der Waals surface area (Å²) in [4.78, 5) is 0. The van der Waals surface area contributed by atoms with Crippen LogP contribution in [0.2, 0.25) is 5.02 Å². The molecule has 0 aliphatic carbocycles. The Morgan fingerprint density at radius 2 is 1.85 bits per heavy atom. The Bertz CT molecular complexity index is 404. The normalized spacial score (nSPS) is 13.0. The molecule has 1 aromatic carbocycles. The average molecular weight is 298 g/mol. The molecule has 1 aromatic rings. The summed E-state index contributed by atoms with van der Waals surface area (Å²) in [5.41, 5.74) is 1.20. The van der Waals surface area contributed by atoms with Gasteiger partial charge in [-0.15, -0.1) is 0 Å². The molecule has 0 aromatic heterocycles. The average Bonchev–Trinajstić information content (AvgIpc) is 2.37. The molecule has 0 radical (unpaired) electrons. The van der Waals surface area contributed by atoms with Gasteiger partial charge in [0.2, 0.25) is 0 Å². The van der Waals surface area contributed by atoms with Crippen LogP contribution in [0, 0.1) is 17.8 Å². The maximum Gasteiger partial charge on any atom is 0.122 e. The van der Waals surface area contributed by atoms with E-state index < -0.39 is 0 Å². The van der Waals surface area contributed by atoms with E-state index in [0.29, 0.717) is 17.8 Å². The Labute approximate surface area is 128 Å². The molecule has 0 bridgehead atoms. The fourth-order valence-corrected chi connectivity index (χ4v) is 2.48. The van der Waals surface area contributed by atoms with E-state index in [0.717, 1.165) is 30.3 Å². The molecule has 1 N–H and O–H groups in total. The molecule has 20 heavy (non-hydrogen) atoms. The maximum atomic E-state index is 6.11. The lowest BCUT2D eigenvalue weighted by Crippen LogP contribution is -2.30. The van der Waals surface area contributed by atoms with E-state index in [9.17, 15) is 0 Å². The van der Waals surface area contributed by atoms with Gasteiger partial charge >= 0.3 is 0 Å². The van der Waals surface area contributed by atoms with Crippen molar-refractivity contribution in [3.63, 3.8) is 0 Å². The molecule has 2 nitrogen and oxygen atoms in total. The largest absolute Gasteiger partial charge is 0.496 e. The summed E-state index contributed by atoms with van der Waals surface area (Å²) in [6, 6.07) is 5.86. The van der Waals surface area contributed by atoms with Crippen molar-refractivity contribution in [2.45, 2.75) is 34.1 Å². The summed E-state index contributed by atoms with van der Waals surface area (Å²) in [5, 5.41) is 4.34. The van der Waals surface area contributed by atoms with Gasteiger partial charge in [0.05, 0.1) is 7.11 Å². The lowest BCUT2D eigenvalue weighted by Gasteiger charge is -2.23. The molecular weight excluding hydrogens is 270 g/mol. The van der Waals surface area contributed by atoms with Crippen LogP contribution < -0.4 is 10.1 Å². The van der Waals surface area contributed by atoms with E-state index in [2.05, 4.69) is 33.0 Å². The van der Waals surface area contributed by atoms with Crippen molar-refractivity contribution in [3.05, 3.63) is 28.8 Å². The van der Waals surface area contributed by atoms with Crippen molar-refractivity contribution in [2.24, 2.45) is 17.8 Å². The number of hydrogen-bond donors (Lipinski definition) is 1. The number of rotatable bonds is 8. The monoisotopic (exact) mass is 297 g/mol. The predicted molar refractivity (Wildman–Crippen MR) is 87.7 cm³/mol. The van der Waals surface area contributed by atoms with Crippen LogP contribution >= 0.6 is 11.6 Å². The van der Waals surface area contributed by atoms with Gasteiger partial charge < -0.3 is 10.1 Å². The van der Waals surface area contributed by atoms with Crippen molar-refractivity contribution in [3.8, 4) is 5.75 Å². The van der Waals surface area contributed by atoms with Gasteiger partial charge in [0.15, 0.2) is 0 Å². The topological polar surface area (TPSA) is 21.3 Å². The molecule has 0 saturated carbocycles. The Morgan fingerprint density at radius 3 is 2.40 bits per heavy atom. The van der Waals surface area contributed by atoms with E-state index >= 15 is 0 Å². The minimum absolute atomic E-state index is 0.584. The van der Waals surface area contributed by atoms with Gasteiger partial charge in [-0.05, 0) is 61.0 Å². The second kappa shape index (κ2) is 8.53. The van der Waals surface area contributed by atoms with Crippen molar-refractivity contribution in [1.82, 2.24) is 5.32 Å². The molecule has 0 spiro atoms. The second-order valence-electron chi connectivity index (χ2n) is 6.22. The summed E-state index contributed by atoms with van der Waals surface area (Å²) < 4.78 is 5.44. The SMILES string of the molecule is COc1ccc(Cl)cc1CC(CNCC(C)C)C(C)C. The zero-order valence-electron chi connectivity index (χ0n) is 13.4. The molecule has 1 rings (SSSR count). The minimum Gasteiger partial charge on any atom is -0.496 e. The van der Waals surface area contributed by atoms with Crippen LogP contribution in [0.1, 0.15) is 33.3 Å². The molecule has 0 heterocycles. The van der Waals surface area contributed by atoms with Gasteiger partial charge in [0, 0.05) is 5.02 Å². The zero-order chi connectivity index (χ0) is 15.1. The highest BCUT2D eigenvalue weighted by Crippen LogP contribution is 2.27. The first-order valence-corrected chi connectivity index (χ1v) is 7.85. The Hall–Kier alpha value is -0.730. The number of ether oxygens (including phenoxy) is 1. The van der Waals surface area contributed by atoms with Crippen LogP contribution in [0.5, 0.6) is 5.75 Å². The first-order chi connectivity index (χ1) is 9.43. The molecule has 0 saturated heterocycles. The highest BCUT2D eigenvalue weighted by molar-refractivity contribution is 6.30. The van der Waals surface area contributed by atoms with E-state index in [4.69, 9.17) is 16.3 Å². The van der Waals surface area contributed by atoms with Crippen molar-refractivity contribution in [1.29, 1.82) is 0 Å². The molecule has 0 fully saturated rings. The fraction of sp³-hybridized carbons (Fsp3) is 0.647. The summed E-state index contributed by atoms with van der Waals surface area (Å²) in [7, 11) is 1.72. The van der Waals surface area contributed by atoms with Crippen LogP contribution in [0.4, 0.5) is 0 Å². The molecule has 3 heteroatoms. The summed E-state index contributed by atoms with van der Waals surface area (Å²) in [6.45, 7) is 11.1. The molecule has 0 aliphatic heterocycles. The third-order valence-corrected chi connectivity index (χ3v) is 3.86. The number of nitrogens with one attached hydrogen (secondary N) is 1. The van der Waals surface area contributed by atoms with Gasteiger partial charge in [-0.25, -0.2) is 0 Å². The van der Waals surface area contributed by atoms with Crippen LogP contribution in [0.25, 0.3) is 0 Å². The molecule has 0 amide bonds. The van der Waals surface area contributed by atoms with Crippen LogP contribution in [-0.2, 0) is 6.42 Å². The quantitative estimate of drug-likeness (QED) is 0.767. The smallest absolute Gasteiger partial charge is 0.122 e. The highest BCUT2D eigenvalue weighted by atomic mass is 35.5. The lowest BCUT2D eigenvalue weighted by atomic mass is 9.88. The van der Waals surface area contributed by atoms with Gasteiger partial charge in [-0.1, -0.05) is 39.3 Å². The molecule has 1 atom stereocenters. The summed E-state index contributed by atoms with van der Waals surface area (Å²) in [6.07, 6.45) is 0.993. The Morgan fingerprint density at radius 1 is 1.15 bits per heavy atom. The Balaban J connectivity index is 2.72. The minimum atomic E-state index is 0.584. The van der Waals surface area contributed by atoms with E-state index in [1.54, 1.807) is 7.11 Å². The van der Waals surface area contributed by atoms with E-state index in [1.807, 2.05) is 18.2 Å². The standard InChI is InChI=1S/C17H28ClNO/c1-12(2)10-19-11-15(13(3)4)8-14-9-16(18)6-7-17(14)20-5/h6-7,9,12-13,15,19H,8,10-11H2,1-5H3. The van der Waals surface area contributed by atoms with Gasteiger partial charge in [0.1, 0.15) is 5.75 Å². The number of halogens is 1. The number of benzene rings is 1. The van der Waals surface area contributed by atoms with Gasteiger partial charge in [0.25, 0.3) is 0 Å². The van der Waals surface area contributed by atoms with E-state index in [-0.39, 0.29) is 0 Å². The second-order valence-corrected chi connectivity index (χ2v) is 6.65. The summed E-state index contributed by atoms with van der Waals surface area (Å²) >= 11 is 6.11. The third kappa shape index (κ3) is 5.72. The van der Waals surface area contributed by atoms with Crippen molar-refractivity contribution in [2.75, 3.05) is 20.2 Å². The highest BCUT2D eigenvalue weighted by Gasteiger charge is 2.16. The first kappa shape index (κ1) is 17.3. The van der Waals surface area contributed by atoms with Gasteiger partial charge in [-0.3, -0.25) is 0 Å². The van der Waals surface area contributed by atoms with Crippen LogP contribution in [-0.4, -0.2) is 20.2 Å². The third-order valence-electron chi connectivity index (χ3n) is 3.63. The number of methoxy groups -OCH3 is 1. The fourth-order valence-electron chi connectivity index (χ4n) is 2.29. The lowest BCUT2D eigenvalue weighted by molar-refractivity contribution is 0.344. The maximum absolute atomic E-state index is 6.11. The van der Waals surface area contributed by atoms with Crippen LogP contribution in [0.15, 0.2) is 18.2 Å². The molecular formula is C17H28ClNO. The van der Waals surface area contributed by atoms with Crippen LogP contribution in [0.3, 0.4) is 0 Å². The Kier molecular flexibility index (Phi) is 7.39. The molecule has 114 valence electrons. The van der Waals surface area contributed by atoms with Crippen molar-refractivity contribution >= 4 is 11.6 Å².